The van der Waals surface area contributed by atoms with E-state index >= 15 is 0 Å². The molecule has 10 nitrogen and oxygen atoms in total. The number of rotatable bonds is 7. The number of nitrogens with one attached hydrogen (secondary N) is 1. The molecule has 2 N–H and O–H groups in total. The molecular formula is C32H30ClF3N8O2S2. The van der Waals surface area contributed by atoms with Crippen LogP contribution in [0, 0.1) is 5.82 Å². The molecule has 3 aromatic heterocycles. The van der Waals surface area contributed by atoms with Crippen LogP contribution in [-0.2, 0) is 5.60 Å². The van der Waals surface area contributed by atoms with Crippen LogP contribution >= 0.6 is 34.3 Å². The molecule has 3 aliphatic heterocycles. The SMILES string of the molecule is O=C(N[C@H]1CC2=C(c3ccn(C(F)F)n3)[C@H](c3ccc(F)cc3Cl)N=C(c3nccs3)N2C1)N1CCC(O)(c2ncc(C3CC3)s2)CC1. The average Bonchev–Trinajstić information content (AvgIpc) is 3.55. The van der Waals surface area contributed by atoms with E-state index in [1.165, 1.54) is 59.5 Å². The van der Waals surface area contributed by atoms with Gasteiger partial charge in [-0.3, -0.25) is 4.99 Å². The number of aliphatic hydroxyl groups is 1. The summed E-state index contributed by atoms with van der Waals surface area (Å²) < 4.78 is 42.0. The van der Waals surface area contributed by atoms with Crippen molar-refractivity contribution in [3.8, 4) is 0 Å². The molecular weight excluding hydrogens is 685 g/mol. The standard InChI is InChI=1S/C32H30ClF3N8O2S2/c33-21-13-18(34)3-4-20(21)26-25(22-5-9-44(41-22)30(35)36)23-14-19(16-43(23)27(40-26)28-37-8-12-47-28)39-31(45)42-10-6-32(46,7-11-42)29-38-15-24(48-29)17-1-2-17/h3-5,8-9,12-13,15,17,19,26,30,46H,1-2,6-7,10-11,14,16H2,(H,39,45)/t19-,26-/m0/s1. The van der Waals surface area contributed by atoms with E-state index in [9.17, 15) is 23.1 Å². The highest BCUT2D eigenvalue weighted by Crippen LogP contribution is 2.47. The maximum atomic E-state index is 14.1. The van der Waals surface area contributed by atoms with Gasteiger partial charge in [0.1, 0.15) is 22.5 Å². The summed E-state index contributed by atoms with van der Waals surface area (Å²) in [6, 6.07) is 4.09. The van der Waals surface area contributed by atoms with E-state index in [2.05, 4.69) is 20.4 Å². The second kappa shape index (κ2) is 12.3. The smallest absolute Gasteiger partial charge is 0.333 e. The van der Waals surface area contributed by atoms with Gasteiger partial charge in [0.05, 0.1) is 11.7 Å². The number of fused-ring (bicyclic) bond motifs is 1. The zero-order valence-corrected chi connectivity index (χ0v) is 27.8. The minimum atomic E-state index is -2.85. The van der Waals surface area contributed by atoms with Crippen LogP contribution in [0.15, 0.2) is 58.9 Å². The Morgan fingerprint density at radius 1 is 1.17 bits per heavy atom. The molecule has 1 saturated carbocycles. The van der Waals surface area contributed by atoms with Crippen molar-refractivity contribution in [2.24, 2.45) is 4.99 Å². The summed E-state index contributed by atoms with van der Waals surface area (Å²) >= 11 is 9.52. The molecule has 6 heterocycles. The number of benzene rings is 1. The molecule has 0 bridgehead atoms. The number of carbonyl (C=O) groups is 1. The fourth-order valence-electron chi connectivity index (χ4n) is 6.67. The topological polar surface area (TPSA) is 112 Å². The minimum Gasteiger partial charge on any atom is -0.383 e. The van der Waals surface area contributed by atoms with Gasteiger partial charge in [-0.25, -0.2) is 23.8 Å². The zero-order chi connectivity index (χ0) is 33.2. The Morgan fingerprint density at radius 3 is 2.67 bits per heavy atom. The van der Waals surface area contributed by atoms with Crippen molar-refractivity contribution in [3.63, 3.8) is 0 Å². The van der Waals surface area contributed by atoms with Crippen LogP contribution in [-0.4, -0.2) is 72.2 Å². The fraction of sp³-hybridized carbons (Fsp3) is 0.406. The zero-order valence-electron chi connectivity index (χ0n) is 25.4. The predicted molar refractivity (Wildman–Crippen MR) is 176 cm³/mol. The third kappa shape index (κ3) is 5.80. The van der Waals surface area contributed by atoms with Gasteiger partial charge in [0.25, 0.3) is 0 Å². The van der Waals surface area contributed by atoms with Gasteiger partial charge in [-0.15, -0.1) is 22.7 Å². The van der Waals surface area contributed by atoms with Crippen LogP contribution in [0.3, 0.4) is 0 Å². The summed E-state index contributed by atoms with van der Waals surface area (Å²) in [6.07, 6.45) is 8.20. The summed E-state index contributed by atoms with van der Waals surface area (Å²) in [5, 5.41) is 22.0. The van der Waals surface area contributed by atoms with Crippen molar-refractivity contribution in [2.75, 3.05) is 19.6 Å². The fourth-order valence-corrected chi connectivity index (χ4v) is 8.81. The van der Waals surface area contributed by atoms with Gasteiger partial charge < -0.3 is 20.2 Å². The van der Waals surface area contributed by atoms with Crippen LogP contribution in [0.25, 0.3) is 5.57 Å². The number of carbonyl (C=O) groups excluding carboxylic acids is 1. The lowest BCUT2D eigenvalue weighted by Gasteiger charge is -2.37. The minimum absolute atomic E-state index is 0.136. The van der Waals surface area contributed by atoms with Gasteiger partial charge in [0.15, 0.2) is 10.8 Å². The molecule has 2 atom stereocenters. The Labute approximate surface area is 286 Å². The first-order chi connectivity index (χ1) is 23.2. The molecule has 48 heavy (non-hydrogen) atoms. The highest BCUT2D eigenvalue weighted by Gasteiger charge is 2.43. The molecule has 16 heteroatoms. The van der Waals surface area contributed by atoms with E-state index < -0.39 is 24.0 Å². The highest BCUT2D eigenvalue weighted by atomic mass is 35.5. The molecule has 4 aliphatic rings. The molecule has 1 aromatic carbocycles. The van der Waals surface area contributed by atoms with Crippen LogP contribution in [0.1, 0.15) is 76.8 Å². The summed E-state index contributed by atoms with van der Waals surface area (Å²) in [4.78, 5) is 32.5. The van der Waals surface area contributed by atoms with E-state index in [1.807, 2.05) is 16.5 Å². The Balaban J connectivity index is 1.08. The average molecular weight is 715 g/mol. The number of hydrogen-bond acceptors (Lipinski definition) is 9. The van der Waals surface area contributed by atoms with Crippen molar-refractivity contribution in [1.29, 1.82) is 0 Å². The lowest BCUT2D eigenvalue weighted by atomic mass is 9.92. The number of piperidine rings is 1. The number of hydrogen-bond donors (Lipinski definition) is 2. The first-order valence-electron chi connectivity index (χ1n) is 15.7. The number of amidine groups is 1. The van der Waals surface area contributed by atoms with Crippen molar-refractivity contribution >= 4 is 51.7 Å². The lowest BCUT2D eigenvalue weighted by Crippen LogP contribution is -2.51. The normalized spacial score (nSPS) is 22.3. The largest absolute Gasteiger partial charge is 0.383 e. The predicted octanol–water partition coefficient (Wildman–Crippen LogP) is 6.54. The lowest BCUT2D eigenvalue weighted by molar-refractivity contribution is -0.0171. The summed E-state index contributed by atoms with van der Waals surface area (Å²) in [5.74, 6) is 0.587. The number of thiazole rings is 2. The van der Waals surface area contributed by atoms with Crippen LogP contribution < -0.4 is 5.32 Å². The maximum absolute atomic E-state index is 14.1. The molecule has 0 spiro atoms. The first-order valence-corrected chi connectivity index (χ1v) is 17.7. The molecule has 1 aliphatic carbocycles. The molecule has 2 amide bonds. The summed E-state index contributed by atoms with van der Waals surface area (Å²) in [5.41, 5.74) is 0.973. The second-order valence-electron chi connectivity index (χ2n) is 12.5. The number of nitrogens with zero attached hydrogens (tertiary/aromatic N) is 7. The van der Waals surface area contributed by atoms with Gasteiger partial charge in [0, 0.05) is 89.6 Å². The number of likely N-dealkylation sites (tertiary alicyclic amines) is 1. The molecule has 3 fully saturated rings. The Morgan fingerprint density at radius 2 is 1.98 bits per heavy atom. The van der Waals surface area contributed by atoms with E-state index in [1.54, 1.807) is 22.4 Å². The van der Waals surface area contributed by atoms with Crippen molar-refractivity contribution in [2.45, 2.75) is 62.3 Å². The van der Waals surface area contributed by atoms with E-state index in [-0.39, 0.29) is 22.8 Å². The van der Waals surface area contributed by atoms with Gasteiger partial charge in [0.2, 0.25) is 0 Å². The van der Waals surface area contributed by atoms with Gasteiger partial charge in [-0.1, -0.05) is 17.7 Å². The number of halogens is 4. The van der Waals surface area contributed by atoms with Crippen LogP contribution in [0.2, 0.25) is 5.02 Å². The van der Waals surface area contributed by atoms with Gasteiger partial charge in [-0.05, 0) is 37.0 Å². The van der Waals surface area contributed by atoms with Crippen molar-refractivity contribution in [1.82, 2.24) is 34.9 Å². The molecule has 250 valence electrons. The van der Waals surface area contributed by atoms with Gasteiger partial charge in [-0.2, -0.15) is 13.9 Å². The van der Waals surface area contributed by atoms with E-state index in [0.29, 0.717) is 71.5 Å². The van der Waals surface area contributed by atoms with E-state index in [4.69, 9.17) is 16.6 Å². The molecule has 2 saturated heterocycles. The van der Waals surface area contributed by atoms with E-state index in [0.717, 1.165) is 10.7 Å². The third-order valence-corrected chi connectivity index (χ3v) is 11.8. The number of amides is 2. The van der Waals surface area contributed by atoms with Crippen LogP contribution in [0.4, 0.5) is 18.0 Å². The van der Waals surface area contributed by atoms with Gasteiger partial charge >= 0.3 is 12.6 Å². The summed E-state index contributed by atoms with van der Waals surface area (Å²) in [7, 11) is 0. The number of urea groups is 1. The summed E-state index contributed by atoms with van der Waals surface area (Å²) in [6.45, 7) is -1.76. The quantitative estimate of drug-likeness (QED) is 0.225. The second-order valence-corrected chi connectivity index (χ2v) is 14.9. The Bertz CT molecular complexity index is 1920. The molecule has 8 rings (SSSR count). The third-order valence-electron chi connectivity index (χ3n) is 9.33. The number of aliphatic imine (C=N–C) groups is 1. The Kier molecular flexibility index (Phi) is 8.05. The Hall–Kier alpha value is -3.79. The highest BCUT2D eigenvalue weighted by molar-refractivity contribution is 7.12. The molecule has 0 radical (unpaired) electrons. The monoisotopic (exact) mass is 714 g/mol. The van der Waals surface area contributed by atoms with Crippen LogP contribution in [0.5, 0.6) is 0 Å². The van der Waals surface area contributed by atoms with Crippen molar-refractivity contribution in [3.05, 3.63) is 90.9 Å². The molecule has 4 aromatic rings. The maximum Gasteiger partial charge on any atom is 0.333 e. The first kappa shape index (κ1) is 31.5. The number of aromatic nitrogens is 4. The number of alkyl halides is 2. The van der Waals surface area contributed by atoms with Crippen molar-refractivity contribution < 1.29 is 23.1 Å². The molecule has 0 unspecified atom stereocenters.